The number of carbonyl (C=O) groups excluding carboxylic acids is 1. The first-order chi connectivity index (χ1) is 16.6. The van der Waals surface area contributed by atoms with E-state index in [1.165, 1.54) is 34.7 Å². The number of thioether (sulfide) groups is 3. The summed E-state index contributed by atoms with van der Waals surface area (Å²) in [5.74, 6) is 3.15. The normalized spacial score (nSPS) is 11.3. The van der Waals surface area contributed by atoms with Crippen molar-refractivity contribution in [2.24, 2.45) is 0 Å². The second kappa shape index (κ2) is 15.0. The van der Waals surface area contributed by atoms with Gasteiger partial charge in [-0.25, -0.2) is 9.97 Å². The lowest BCUT2D eigenvalue weighted by Gasteiger charge is -2.15. The Hall–Kier alpha value is -1.22. The molecule has 0 saturated carbocycles. The maximum Gasteiger partial charge on any atom is 0.224 e. The number of aromatic nitrogens is 2. The highest BCUT2D eigenvalue weighted by atomic mass is 32.2. The zero-order valence-electron chi connectivity index (χ0n) is 20.4. The van der Waals surface area contributed by atoms with Gasteiger partial charge in [-0.15, -0.1) is 34.9 Å². The Balaban J connectivity index is 1.30. The molecule has 8 heteroatoms. The average Bonchev–Trinajstić information content (AvgIpc) is 3.23. The molecule has 1 N–H and O–H groups in total. The van der Waals surface area contributed by atoms with Crippen LogP contribution in [0.4, 0.5) is 5.69 Å². The van der Waals surface area contributed by atoms with Crippen molar-refractivity contribution in [1.82, 2.24) is 9.97 Å². The first-order valence-electron chi connectivity index (χ1n) is 12.2. The third-order valence-corrected chi connectivity index (χ3v) is 9.27. The lowest BCUT2D eigenvalue weighted by Crippen LogP contribution is -2.13. The molecular weight excluding hydrogens is 499 g/mol. The second-order valence-corrected chi connectivity index (χ2v) is 13.0. The molecule has 184 valence electrons. The lowest BCUT2D eigenvalue weighted by molar-refractivity contribution is -0.116. The Morgan fingerprint density at radius 1 is 0.941 bits per heavy atom. The predicted molar refractivity (Wildman–Crippen MR) is 153 cm³/mol. The summed E-state index contributed by atoms with van der Waals surface area (Å²) in [6, 6.07) is 10.4. The van der Waals surface area contributed by atoms with Crippen molar-refractivity contribution in [2.45, 2.75) is 80.0 Å². The predicted octanol–water partition coefficient (Wildman–Crippen LogP) is 8.69. The Morgan fingerprint density at radius 3 is 2.44 bits per heavy atom. The largest absolute Gasteiger partial charge is 0.323 e. The number of aryl methyl sites for hydroxylation is 1. The van der Waals surface area contributed by atoms with Crippen LogP contribution in [0.3, 0.4) is 0 Å². The van der Waals surface area contributed by atoms with Gasteiger partial charge in [0, 0.05) is 22.8 Å². The molecule has 3 aromatic rings. The van der Waals surface area contributed by atoms with Crippen molar-refractivity contribution in [3.05, 3.63) is 36.0 Å². The van der Waals surface area contributed by atoms with Gasteiger partial charge in [-0.2, -0.15) is 0 Å². The van der Waals surface area contributed by atoms with E-state index in [-0.39, 0.29) is 5.91 Å². The number of pyridine rings is 1. The van der Waals surface area contributed by atoms with Crippen LogP contribution in [-0.4, -0.2) is 33.1 Å². The fourth-order valence-electron chi connectivity index (χ4n) is 3.61. The molecule has 0 radical (unpaired) electrons. The molecule has 3 rings (SSSR count). The summed E-state index contributed by atoms with van der Waals surface area (Å²) in [6.07, 6.45) is 7.52. The number of fused-ring (bicyclic) bond motifs is 1. The highest BCUT2D eigenvalue weighted by molar-refractivity contribution is 8.01. The zero-order chi connectivity index (χ0) is 24.2. The van der Waals surface area contributed by atoms with Crippen molar-refractivity contribution >= 4 is 68.4 Å². The van der Waals surface area contributed by atoms with Crippen molar-refractivity contribution in [2.75, 3.05) is 22.6 Å². The van der Waals surface area contributed by atoms with Crippen LogP contribution in [0.1, 0.15) is 64.5 Å². The quantitative estimate of drug-likeness (QED) is 0.156. The minimum Gasteiger partial charge on any atom is -0.323 e. The number of nitrogens with one attached hydrogen (secondary N) is 1. The topological polar surface area (TPSA) is 54.9 Å². The Bertz CT molecular complexity index is 993. The SMILES string of the molecule is CCSc1cc(C)nc(SCC)c1NC(=O)CCCCCCCCSc1nc2ccccc2s1. The Labute approximate surface area is 220 Å². The number of para-hydroxylation sites is 1. The van der Waals surface area contributed by atoms with Gasteiger partial charge in [-0.1, -0.05) is 63.4 Å². The van der Waals surface area contributed by atoms with Gasteiger partial charge in [0.05, 0.1) is 15.9 Å². The number of thiazole rings is 1. The fourth-order valence-corrected chi connectivity index (χ4v) is 7.46. The van der Waals surface area contributed by atoms with E-state index in [1.54, 1.807) is 34.9 Å². The Morgan fingerprint density at radius 2 is 1.68 bits per heavy atom. The number of hydrogen-bond acceptors (Lipinski definition) is 7. The van der Waals surface area contributed by atoms with Crippen LogP contribution in [0.2, 0.25) is 0 Å². The van der Waals surface area contributed by atoms with Gasteiger partial charge in [0.25, 0.3) is 0 Å². The molecule has 0 fully saturated rings. The third-order valence-electron chi connectivity index (χ3n) is 5.22. The summed E-state index contributed by atoms with van der Waals surface area (Å²) in [7, 11) is 0. The van der Waals surface area contributed by atoms with Gasteiger partial charge >= 0.3 is 0 Å². The van der Waals surface area contributed by atoms with Crippen LogP contribution in [0.15, 0.2) is 44.6 Å². The number of rotatable bonds is 15. The molecule has 0 aliphatic carbocycles. The van der Waals surface area contributed by atoms with Gasteiger partial charge in [-0.3, -0.25) is 4.79 Å². The third kappa shape index (κ3) is 8.77. The van der Waals surface area contributed by atoms with Gasteiger partial charge < -0.3 is 5.32 Å². The van der Waals surface area contributed by atoms with Crippen molar-refractivity contribution < 1.29 is 4.79 Å². The smallest absolute Gasteiger partial charge is 0.224 e. The van der Waals surface area contributed by atoms with Gasteiger partial charge in [0.1, 0.15) is 5.03 Å². The number of anilines is 1. The maximum atomic E-state index is 12.6. The molecule has 1 aromatic carbocycles. The van der Waals surface area contributed by atoms with E-state index < -0.39 is 0 Å². The molecule has 0 spiro atoms. The number of hydrogen-bond donors (Lipinski definition) is 1. The maximum absolute atomic E-state index is 12.6. The van der Waals surface area contributed by atoms with E-state index in [9.17, 15) is 4.79 Å². The van der Waals surface area contributed by atoms with E-state index in [4.69, 9.17) is 4.98 Å². The molecule has 0 aliphatic heterocycles. The average molecular weight is 534 g/mol. The van der Waals surface area contributed by atoms with E-state index in [1.807, 2.05) is 24.8 Å². The number of nitrogens with zero attached hydrogens (tertiary/aromatic N) is 2. The summed E-state index contributed by atoms with van der Waals surface area (Å²) >= 11 is 7.13. The van der Waals surface area contributed by atoms with Crippen LogP contribution in [-0.2, 0) is 4.79 Å². The van der Waals surface area contributed by atoms with Crippen molar-refractivity contribution in [3.63, 3.8) is 0 Å². The standard InChI is InChI=1S/C26H35N3OS4/c1-4-31-22-18-19(3)27-25(32-5-2)24(22)29-23(30)16-10-8-6-7-9-13-17-33-26-28-20-14-11-12-15-21(20)34-26/h11-12,14-15,18H,4-10,13,16-17H2,1-3H3,(H,29,30). The highest BCUT2D eigenvalue weighted by Crippen LogP contribution is 2.35. The highest BCUT2D eigenvalue weighted by Gasteiger charge is 2.14. The van der Waals surface area contributed by atoms with E-state index >= 15 is 0 Å². The molecular formula is C26H35N3OS4. The number of amides is 1. The first kappa shape index (κ1) is 27.4. The van der Waals surface area contributed by atoms with Crippen LogP contribution in [0.5, 0.6) is 0 Å². The molecule has 2 heterocycles. The van der Waals surface area contributed by atoms with Gasteiger partial charge in [0.15, 0.2) is 4.34 Å². The molecule has 0 unspecified atom stereocenters. The van der Waals surface area contributed by atoms with Gasteiger partial charge in [0.2, 0.25) is 5.91 Å². The van der Waals surface area contributed by atoms with Gasteiger partial charge in [-0.05, 0) is 49.5 Å². The molecule has 1 amide bonds. The minimum atomic E-state index is 0.105. The first-order valence-corrected chi connectivity index (χ1v) is 15.9. The van der Waals surface area contributed by atoms with E-state index in [0.717, 1.165) is 56.9 Å². The number of unbranched alkanes of at least 4 members (excludes halogenated alkanes) is 5. The lowest BCUT2D eigenvalue weighted by atomic mass is 10.1. The van der Waals surface area contributed by atoms with Crippen molar-refractivity contribution in [3.8, 4) is 0 Å². The minimum absolute atomic E-state index is 0.105. The molecule has 0 atom stereocenters. The molecule has 34 heavy (non-hydrogen) atoms. The van der Waals surface area contributed by atoms with Crippen molar-refractivity contribution in [1.29, 1.82) is 0 Å². The van der Waals surface area contributed by atoms with Crippen LogP contribution in [0, 0.1) is 6.92 Å². The van der Waals surface area contributed by atoms with E-state index in [0.29, 0.717) is 6.42 Å². The monoisotopic (exact) mass is 533 g/mol. The molecule has 2 aromatic heterocycles. The fraction of sp³-hybridized carbons (Fsp3) is 0.500. The second-order valence-electron chi connectivity index (χ2n) is 8.02. The number of benzene rings is 1. The molecule has 0 aliphatic rings. The molecule has 4 nitrogen and oxygen atoms in total. The summed E-state index contributed by atoms with van der Waals surface area (Å²) < 4.78 is 2.45. The van der Waals surface area contributed by atoms with Crippen LogP contribution in [0.25, 0.3) is 10.2 Å². The molecule has 0 bridgehead atoms. The number of carbonyl (C=O) groups is 1. The molecule has 0 saturated heterocycles. The zero-order valence-corrected chi connectivity index (χ0v) is 23.7. The summed E-state index contributed by atoms with van der Waals surface area (Å²) in [6.45, 7) is 6.27. The van der Waals surface area contributed by atoms with E-state index in [2.05, 4.69) is 48.4 Å². The van der Waals surface area contributed by atoms with Crippen LogP contribution >= 0.6 is 46.6 Å². The van der Waals surface area contributed by atoms with Crippen LogP contribution < -0.4 is 5.32 Å². The Kier molecular flexibility index (Phi) is 12.1. The summed E-state index contributed by atoms with van der Waals surface area (Å²) in [4.78, 5) is 23.1. The summed E-state index contributed by atoms with van der Waals surface area (Å²) in [5.41, 5.74) is 3.02. The summed E-state index contributed by atoms with van der Waals surface area (Å²) in [5, 5.41) is 4.11.